The lowest BCUT2D eigenvalue weighted by Gasteiger charge is -2.31. The molecule has 1 fully saturated rings. The number of hydrogen-bond acceptors (Lipinski definition) is 3. The van der Waals surface area contributed by atoms with E-state index in [4.69, 9.17) is 15.6 Å². The molecule has 3 N–H and O–H groups in total. The van der Waals surface area contributed by atoms with Gasteiger partial charge in [0.05, 0.1) is 18.8 Å². The van der Waals surface area contributed by atoms with Crippen molar-refractivity contribution in [3.05, 3.63) is 29.6 Å². The summed E-state index contributed by atoms with van der Waals surface area (Å²) in [5, 5.41) is 8.88. The summed E-state index contributed by atoms with van der Waals surface area (Å²) in [6, 6.07) is 4.38. The highest BCUT2D eigenvalue weighted by Gasteiger charge is 2.25. The van der Waals surface area contributed by atoms with Gasteiger partial charge in [-0.05, 0) is 17.7 Å². The number of rotatable bonds is 1. The van der Waals surface area contributed by atoms with Gasteiger partial charge >= 0.3 is 6.09 Å². The minimum absolute atomic E-state index is 0.0691. The molecule has 0 spiro atoms. The van der Waals surface area contributed by atoms with Crippen molar-refractivity contribution in [1.29, 1.82) is 0 Å². The van der Waals surface area contributed by atoms with Crippen LogP contribution in [0.15, 0.2) is 18.2 Å². The molecule has 0 aliphatic carbocycles. The summed E-state index contributed by atoms with van der Waals surface area (Å²) >= 11 is 0. The van der Waals surface area contributed by atoms with E-state index >= 15 is 0 Å². The first-order valence-electron chi connectivity index (χ1n) is 5.22. The Labute approximate surface area is 97.6 Å². The molecule has 1 aromatic rings. The number of halogens is 1. The van der Waals surface area contributed by atoms with Crippen LogP contribution in [-0.4, -0.2) is 35.8 Å². The number of carbonyl (C=O) groups is 1. The molecule has 0 saturated carbocycles. The van der Waals surface area contributed by atoms with Crippen molar-refractivity contribution < 1.29 is 19.0 Å². The number of hydrogen-bond donors (Lipinski definition) is 2. The van der Waals surface area contributed by atoms with Crippen LogP contribution in [0.5, 0.6) is 0 Å². The van der Waals surface area contributed by atoms with Crippen molar-refractivity contribution in [1.82, 2.24) is 4.90 Å². The van der Waals surface area contributed by atoms with Gasteiger partial charge in [0.2, 0.25) is 0 Å². The van der Waals surface area contributed by atoms with Crippen LogP contribution in [0.2, 0.25) is 0 Å². The zero-order valence-corrected chi connectivity index (χ0v) is 9.10. The molecule has 2 rings (SSSR count). The molecule has 0 unspecified atom stereocenters. The van der Waals surface area contributed by atoms with Crippen LogP contribution in [0.3, 0.4) is 0 Å². The van der Waals surface area contributed by atoms with Crippen LogP contribution in [0.25, 0.3) is 0 Å². The van der Waals surface area contributed by atoms with Crippen molar-refractivity contribution in [2.75, 3.05) is 25.4 Å². The number of nitrogens with two attached hydrogens (primary N) is 1. The topological polar surface area (TPSA) is 75.8 Å². The Bertz CT molecular complexity index is 439. The number of morpholine rings is 1. The molecule has 17 heavy (non-hydrogen) atoms. The van der Waals surface area contributed by atoms with Gasteiger partial charge in [0.25, 0.3) is 0 Å². The van der Waals surface area contributed by atoms with Crippen molar-refractivity contribution in [2.24, 2.45) is 0 Å². The smallest absolute Gasteiger partial charge is 0.407 e. The average molecular weight is 240 g/mol. The second-order valence-corrected chi connectivity index (χ2v) is 3.87. The van der Waals surface area contributed by atoms with Gasteiger partial charge < -0.3 is 20.5 Å². The number of anilines is 1. The number of carboxylic acid groups (broad SMARTS) is 1. The van der Waals surface area contributed by atoms with Gasteiger partial charge in [-0.25, -0.2) is 9.18 Å². The molecule has 0 bridgehead atoms. The van der Waals surface area contributed by atoms with Crippen molar-refractivity contribution in [2.45, 2.75) is 6.10 Å². The highest BCUT2D eigenvalue weighted by Crippen LogP contribution is 2.24. The molecule has 1 aliphatic heterocycles. The van der Waals surface area contributed by atoms with Gasteiger partial charge in [-0.15, -0.1) is 0 Å². The predicted molar refractivity (Wildman–Crippen MR) is 59.1 cm³/mol. The molecule has 1 saturated heterocycles. The van der Waals surface area contributed by atoms with Crippen LogP contribution in [-0.2, 0) is 4.74 Å². The fraction of sp³-hybridized carbons (Fsp3) is 0.364. The summed E-state index contributed by atoms with van der Waals surface area (Å²) in [6.45, 7) is 0.852. The summed E-state index contributed by atoms with van der Waals surface area (Å²) < 4.78 is 18.7. The second kappa shape index (κ2) is 4.58. The van der Waals surface area contributed by atoms with Crippen molar-refractivity contribution in [3.8, 4) is 0 Å². The van der Waals surface area contributed by atoms with E-state index in [1.807, 2.05) is 0 Å². The van der Waals surface area contributed by atoms with Gasteiger partial charge in [-0.2, -0.15) is 0 Å². The number of amides is 1. The Kier molecular flexibility index (Phi) is 3.14. The fourth-order valence-corrected chi connectivity index (χ4v) is 1.77. The lowest BCUT2D eigenvalue weighted by atomic mass is 10.1. The Morgan fingerprint density at radius 1 is 1.59 bits per heavy atom. The molecule has 0 aromatic heterocycles. The minimum atomic E-state index is -0.991. The van der Waals surface area contributed by atoms with Crippen LogP contribution in [0.4, 0.5) is 14.9 Å². The maximum atomic E-state index is 13.3. The fourth-order valence-electron chi connectivity index (χ4n) is 1.77. The third kappa shape index (κ3) is 2.47. The van der Waals surface area contributed by atoms with E-state index in [0.29, 0.717) is 18.7 Å². The molecular formula is C11H13FN2O3. The zero-order chi connectivity index (χ0) is 12.4. The molecule has 5 nitrogen and oxygen atoms in total. The third-order valence-corrected chi connectivity index (χ3v) is 2.73. The highest BCUT2D eigenvalue weighted by molar-refractivity contribution is 5.65. The SMILES string of the molecule is Nc1ccc([C@@H]2CN(C(=O)O)CCO2)cc1F. The average Bonchev–Trinajstić information content (AvgIpc) is 2.33. The van der Waals surface area contributed by atoms with Gasteiger partial charge in [0.15, 0.2) is 0 Å². The molecule has 1 aromatic carbocycles. The van der Waals surface area contributed by atoms with Crippen molar-refractivity contribution >= 4 is 11.8 Å². The number of ether oxygens (including phenoxy) is 1. The second-order valence-electron chi connectivity index (χ2n) is 3.87. The summed E-state index contributed by atoms with van der Waals surface area (Å²) in [7, 11) is 0. The Hall–Kier alpha value is -1.82. The lowest BCUT2D eigenvalue weighted by Crippen LogP contribution is -2.41. The summed E-state index contributed by atoms with van der Waals surface area (Å²) in [5.74, 6) is -0.515. The van der Waals surface area contributed by atoms with E-state index < -0.39 is 18.0 Å². The largest absolute Gasteiger partial charge is 0.465 e. The summed E-state index contributed by atoms with van der Waals surface area (Å²) in [6.07, 6.45) is -1.43. The zero-order valence-electron chi connectivity index (χ0n) is 9.10. The highest BCUT2D eigenvalue weighted by atomic mass is 19.1. The summed E-state index contributed by atoms with van der Waals surface area (Å²) in [4.78, 5) is 12.1. The Balaban J connectivity index is 2.16. The maximum Gasteiger partial charge on any atom is 0.407 e. The number of nitrogens with zero attached hydrogens (tertiary/aromatic N) is 1. The maximum absolute atomic E-state index is 13.3. The monoisotopic (exact) mass is 240 g/mol. The van der Waals surface area contributed by atoms with E-state index in [0.717, 1.165) is 0 Å². The first-order valence-corrected chi connectivity index (χ1v) is 5.22. The predicted octanol–water partition coefficient (Wildman–Crippen LogP) is 1.46. The standard InChI is InChI=1S/C11H13FN2O3/c12-8-5-7(1-2-9(8)13)10-6-14(11(15)16)3-4-17-10/h1-2,5,10H,3-4,6,13H2,(H,15,16)/t10-/m0/s1. The normalized spacial score (nSPS) is 20.3. The van der Waals surface area contributed by atoms with Crippen LogP contribution in [0, 0.1) is 5.82 Å². The molecule has 0 radical (unpaired) electrons. The molecule has 6 heteroatoms. The van der Waals surface area contributed by atoms with Crippen molar-refractivity contribution in [3.63, 3.8) is 0 Å². The van der Waals surface area contributed by atoms with Crippen LogP contribution in [0.1, 0.15) is 11.7 Å². The molecule has 92 valence electrons. The Morgan fingerprint density at radius 2 is 2.35 bits per heavy atom. The Morgan fingerprint density at radius 3 is 3.00 bits per heavy atom. The first-order chi connectivity index (χ1) is 8.08. The molecule has 1 amide bonds. The van der Waals surface area contributed by atoms with E-state index in [1.165, 1.54) is 17.0 Å². The summed E-state index contributed by atoms with van der Waals surface area (Å²) in [5.41, 5.74) is 6.04. The molecule has 1 atom stereocenters. The molecular weight excluding hydrogens is 227 g/mol. The van der Waals surface area contributed by atoms with E-state index in [-0.39, 0.29) is 12.2 Å². The van der Waals surface area contributed by atoms with Gasteiger partial charge in [-0.3, -0.25) is 0 Å². The quantitative estimate of drug-likeness (QED) is 0.728. The van der Waals surface area contributed by atoms with E-state index in [2.05, 4.69) is 0 Å². The van der Waals surface area contributed by atoms with Gasteiger partial charge in [-0.1, -0.05) is 6.07 Å². The first kappa shape index (κ1) is 11.7. The molecule has 1 heterocycles. The number of nitrogen functional groups attached to an aromatic ring is 1. The third-order valence-electron chi connectivity index (χ3n) is 2.73. The number of benzene rings is 1. The molecule has 1 aliphatic rings. The minimum Gasteiger partial charge on any atom is -0.465 e. The van der Waals surface area contributed by atoms with Crippen LogP contribution >= 0.6 is 0 Å². The van der Waals surface area contributed by atoms with Crippen LogP contribution < -0.4 is 5.73 Å². The van der Waals surface area contributed by atoms with E-state index in [9.17, 15) is 9.18 Å². The van der Waals surface area contributed by atoms with Gasteiger partial charge in [0.1, 0.15) is 11.9 Å². The van der Waals surface area contributed by atoms with E-state index in [1.54, 1.807) is 6.07 Å². The lowest BCUT2D eigenvalue weighted by molar-refractivity contribution is -0.0233. The van der Waals surface area contributed by atoms with Gasteiger partial charge in [0, 0.05) is 6.54 Å².